The van der Waals surface area contributed by atoms with Crippen molar-refractivity contribution in [2.24, 2.45) is 0 Å². The number of carbonyl (C=O) groups is 1. The average Bonchev–Trinajstić information content (AvgIpc) is 3.02. The number of benzene rings is 2. The molecule has 0 aliphatic rings. The van der Waals surface area contributed by atoms with Crippen molar-refractivity contribution in [3.63, 3.8) is 0 Å². The lowest BCUT2D eigenvalue weighted by Gasteiger charge is -2.07. The SMILES string of the molecule is [2H]c1c(O)c([2H])c2oc(C(C)O)c(C(=O)c3cc(F)c(C)c(Br)c3)c2c1[2H]. The van der Waals surface area contributed by atoms with Crippen LogP contribution in [0, 0.1) is 12.7 Å². The number of carbonyl (C=O) groups excluding carboxylic acids is 1. The van der Waals surface area contributed by atoms with Crippen LogP contribution in [-0.4, -0.2) is 16.0 Å². The Kier molecular flexibility index (Phi) is 3.31. The minimum absolute atomic E-state index is 0.0555. The van der Waals surface area contributed by atoms with E-state index in [1.54, 1.807) is 0 Å². The second-order valence-corrected chi connectivity index (χ2v) is 6.19. The second-order valence-electron chi connectivity index (χ2n) is 5.34. The average molecular weight is 396 g/mol. The highest BCUT2D eigenvalue weighted by Gasteiger charge is 2.25. The molecule has 1 heterocycles. The summed E-state index contributed by atoms with van der Waals surface area (Å²) in [5, 5.41) is 19.7. The topological polar surface area (TPSA) is 70.7 Å². The predicted molar refractivity (Wildman–Crippen MR) is 90.8 cm³/mol. The third kappa shape index (κ3) is 2.72. The van der Waals surface area contributed by atoms with Gasteiger partial charge in [-0.3, -0.25) is 4.79 Å². The molecule has 4 nitrogen and oxygen atoms in total. The van der Waals surface area contributed by atoms with Crippen LogP contribution in [0.5, 0.6) is 5.75 Å². The van der Waals surface area contributed by atoms with Crippen molar-refractivity contribution in [3.05, 3.63) is 63.0 Å². The van der Waals surface area contributed by atoms with Gasteiger partial charge in [-0.15, -0.1) is 0 Å². The highest BCUT2D eigenvalue weighted by atomic mass is 79.9. The summed E-state index contributed by atoms with van der Waals surface area (Å²) in [6, 6.07) is 0.696. The van der Waals surface area contributed by atoms with Gasteiger partial charge in [-0.2, -0.15) is 0 Å². The molecule has 124 valence electrons. The molecule has 2 N–H and O–H groups in total. The van der Waals surface area contributed by atoms with E-state index in [0.29, 0.717) is 10.0 Å². The fourth-order valence-corrected chi connectivity index (χ4v) is 2.79. The van der Waals surface area contributed by atoms with E-state index in [0.717, 1.165) is 6.07 Å². The first kappa shape index (κ1) is 13.1. The fraction of sp³-hybridized carbons (Fsp3) is 0.167. The lowest BCUT2D eigenvalue weighted by molar-refractivity contribution is 0.102. The van der Waals surface area contributed by atoms with Gasteiger partial charge in [0.1, 0.15) is 29.0 Å². The van der Waals surface area contributed by atoms with Gasteiger partial charge >= 0.3 is 0 Å². The summed E-state index contributed by atoms with van der Waals surface area (Å²) in [5.74, 6) is -2.34. The van der Waals surface area contributed by atoms with Crippen LogP contribution in [0.2, 0.25) is 0 Å². The van der Waals surface area contributed by atoms with Gasteiger partial charge in [0.25, 0.3) is 0 Å². The number of furan rings is 1. The summed E-state index contributed by atoms with van der Waals surface area (Å²) in [4.78, 5) is 13.1. The molecule has 1 aromatic heterocycles. The monoisotopic (exact) mass is 395 g/mol. The molecule has 6 heteroatoms. The Bertz CT molecular complexity index is 1090. The van der Waals surface area contributed by atoms with Crippen molar-refractivity contribution in [3.8, 4) is 5.75 Å². The maximum atomic E-state index is 14.1. The number of aromatic hydroxyl groups is 1. The third-order valence-corrected chi connectivity index (χ3v) is 4.45. The van der Waals surface area contributed by atoms with Crippen molar-refractivity contribution < 1.29 is 27.9 Å². The standard InChI is InChI=1S/C18H14BrFO4/c1-8-13(19)5-10(6-14(8)20)17(23)16-12-4-3-11(22)7-15(12)24-18(16)9(2)21/h3-7,9,21-22H,1-2H3/i3D,4D,7D. The van der Waals surface area contributed by atoms with Gasteiger partial charge in [-0.25, -0.2) is 4.39 Å². The first-order valence-corrected chi connectivity index (χ1v) is 7.79. The predicted octanol–water partition coefficient (Wildman–Crippen LogP) is 4.63. The quantitative estimate of drug-likeness (QED) is 0.634. The number of phenols is 1. The summed E-state index contributed by atoms with van der Waals surface area (Å²) < 4.78 is 43.6. The van der Waals surface area contributed by atoms with Crippen molar-refractivity contribution in [2.75, 3.05) is 0 Å². The van der Waals surface area contributed by atoms with E-state index in [4.69, 9.17) is 8.53 Å². The number of ketones is 1. The molecule has 1 atom stereocenters. The third-order valence-electron chi connectivity index (χ3n) is 3.62. The molecule has 0 saturated heterocycles. The number of hydrogen-bond donors (Lipinski definition) is 2. The van der Waals surface area contributed by atoms with Crippen molar-refractivity contribution in [1.29, 1.82) is 0 Å². The number of rotatable bonds is 3. The highest BCUT2D eigenvalue weighted by Crippen LogP contribution is 2.34. The summed E-state index contributed by atoms with van der Waals surface area (Å²) >= 11 is 3.18. The molecular formula is C18H14BrFO4. The zero-order valence-electron chi connectivity index (χ0n) is 15.7. The molecule has 0 radical (unpaired) electrons. The number of fused-ring (bicyclic) bond motifs is 1. The lowest BCUT2D eigenvalue weighted by Crippen LogP contribution is -2.06. The molecule has 3 rings (SSSR count). The molecule has 24 heavy (non-hydrogen) atoms. The van der Waals surface area contributed by atoms with E-state index in [1.165, 1.54) is 19.9 Å². The molecule has 0 spiro atoms. The molecule has 0 aliphatic carbocycles. The number of hydrogen-bond acceptors (Lipinski definition) is 4. The molecule has 0 bridgehead atoms. The highest BCUT2D eigenvalue weighted by molar-refractivity contribution is 9.10. The maximum Gasteiger partial charge on any atom is 0.197 e. The molecule has 1 unspecified atom stereocenters. The Labute approximate surface area is 149 Å². The summed E-state index contributed by atoms with van der Waals surface area (Å²) in [5.41, 5.74) is -0.269. The Balaban J connectivity index is 2.40. The first-order chi connectivity index (χ1) is 12.6. The van der Waals surface area contributed by atoms with E-state index in [-0.39, 0.29) is 27.9 Å². The molecule has 0 fully saturated rings. The lowest BCUT2D eigenvalue weighted by atomic mass is 9.98. The fourth-order valence-electron chi connectivity index (χ4n) is 2.36. The molecule has 0 aliphatic heterocycles. The van der Waals surface area contributed by atoms with Crippen LogP contribution < -0.4 is 0 Å². The summed E-state index contributed by atoms with van der Waals surface area (Å²) in [6.07, 6.45) is -1.27. The summed E-state index contributed by atoms with van der Waals surface area (Å²) in [6.45, 7) is 2.86. The van der Waals surface area contributed by atoms with Crippen LogP contribution in [0.4, 0.5) is 4.39 Å². The van der Waals surface area contributed by atoms with E-state index in [1.807, 2.05) is 0 Å². The minimum atomic E-state index is -1.27. The molecule has 0 saturated carbocycles. The molecular weight excluding hydrogens is 379 g/mol. The Hall–Kier alpha value is -2.18. The smallest absolute Gasteiger partial charge is 0.197 e. The van der Waals surface area contributed by atoms with Crippen LogP contribution in [0.3, 0.4) is 0 Å². The number of halogens is 2. The second kappa shape index (κ2) is 6.03. The van der Waals surface area contributed by atoms with E-state index >= 15 is 0 Å². The van der Waals surface area contributed by atoms with Gasteiger partial charge in [-0.1, -0.05) is 15.9 Å². The Morgan fingerprint density at radius 2 is 2.12 bits per heavy atom. The van der Waals surface area contributed by atoms with Gasteiger partial charge in [0.2, 0.25) is 0 Å². The van der Waals surface area contributed by atoms with Crippen molar-refractivity contribution in [2.45, 2.75) is 20.0 Å². The van der Waals surface area contributed by atoms with Crippen LogP contribution in [0.1, 0.15) is 44.4 Å². The maximum absolute atomic E-state index is 14.1. The largest absolute Gasteiger partial charge is 0.508 e. The zero-order chi connectivity index (χ0) is 20.2. The Morgan fingerprint density at radius 3 is 2.75 bits per heavy atom. The zero-order valence-corrected chi connectivity index (χ0v) is 14.3. The summed E-state index contributed by atoms with van der Waals surface area (Å²) in [7, 11) is 0. The van der Waals surface area contributed by atoms with Crippen LogP contribution in [-0.2, 0) is 0 Å². The van der Waals surface area contributed by atoms with Gasteiger partial charge in [0, 0.05) is 21.5 Å². The van der Waals surface area contributed by atoms with Crippen molar-refractivity contribution >= 4 is 32.7 Å². The number of phenolic OH excluding ortho intramolecular Hbond substituents is 1. The van der Waals surface area contributed by atoms with Gasteiger partial charge in [0.15, 0.2) is 5.78 Å². The number of aliphatic hydroxyl groups excluding tert-OH is 1. The molecule has 3 aromatic rings. The van der Waals surface area contributed by atoms with E-state index in [9.17, 15) is 19.4 Å². The minimum Gasteiger partial charge on any atom is -0.508 e. The molecule has 2 aromatic carbocycles. The normalized spacial score (nSPS) is 14.3. The van der Waals surface area contributed by atoms with Gasteiger partial charge < -0.3 is 14.6 Å². The number of aliphatic hydroxyl groups is 1. The van der Waals surface area contributed by atoms with Crippen LogP contribution in [0.25, 0.3) is 11.0 Å². The van der Waals surface area contributed by atoms with Crippen LogP contribution >= 0.6 is 15.9 Å². The van der Waals surface area contributed by atoms with Crippen LogP contribution in [0.15, 0.2) is 39.1 Å². The van der Waals surface area contributed by atoms with Gasteiger partial charge in [0.05, 0.1) is 9.68 Å². The Morgan fingerprint density at radius 1 is 1.42 bits per heavy atom. The first-order valence-electron chi connectivity index (χ1n) is 8.49. The molecule has 0 amide bonds. The van der Waals surface area contributed by atoms with E-state index in [2.05, 4.69) is 15.9 Å². The van der Waals surface area contributed by atoms with Crippen molar-refractivity contribution in [1.82, 2.24) is 0 Å². The van der Waals surface area contributed by atoms with Gasteiger partial charge in [-0.05, 0) is 43.6 Å². The van der Waals surface area contributed by atoms with E-state index < -0.39 is 41.6 Å².